The van der Waals surface area contributed by atoms with Crippen LogP contribution in [0.15, 0.2) is 15.5 Å². The molecule has 0 aliphatic heterocycles. The molecule has 0 saturated carbocycles. The maximum Gasteiger partial charge on any atom is 0.284 e. The van der Waals surface area contributed by atoms with Crippen LogP contribution in [0.25, 0.3) is 0 Å². The molecule has 0 bridgehead atoms. The Labute approximate surface area is 127 Å². The fraction of sp³-hybridized carbons (Fsp3) is 0.571. The normalized spacial score (nSPS) is 12.2. The SMILES string of the molecule is C#CCn1ncc(NC(COCC)C(C)C)c(Br)c1=O. The molecular formula is C14H20BrN3O2. The molecule has 0 amide bonds. The van der Waals surface area contributed by atoms with Crippen LogP contribution in [0.1, 0.15) is 20.8 Å². The molecule has 0 aliphatic rings. The van der Waals surface area contributed by atoms with Crippen LogP contribution >= 0.6 is 15.9 Å². The second kappa shape index (κ2) is 8.08. The van der Waals surface area contributed by atoms with Crippen LogP contribution in [0.3, 0.4) is 0 Å². The molecule has 1 rings (SSSR count). The Morgan fingerprint density at radius 1 is 1.60 bits per heavy atom. The van der Waals surface area contributed by atoms with E-state index < -0.39 is 0 Å². The van der Waals surface area contributed by atoms with E-state index in [1.54, 1.807) is 6.20 Å². The first-order valence-electron chi connectivity index (χ1n) is 6.54. The number of ether oxygens (including phenoxy) is 1. The fourth-order valence-corrected chi connectivity index (χ4v) is 2.03. The van der Waals surface area contributed by atoms with E-state index in [1.165, 1.54) is 4.68 Å². The van der Waals surface area contributed by atoms with Crippen molar-refractivity contribution in [2.24, 2.45) is 5.92 Å². The molecule has 1 aromatic rings. The van der Waals surface area contributed by atoms with E-state index >= 15 is 0 Å². The second-order valence-electron chi connectivity index (χ2n) is 4.69. The molecule has 1 heterocycles. The van der Waals surface area contributed by atoms with E-state index in [9.17, 15) is 4.79 Å². The van der Waals surface area contributed by atoms with Crippen LogP contribution in [0.5, 0.6) is 0 Å². The third-order valence-corrected chi connectivity index (χ3v) is 3.64. The molecule has 1 N–H and O–H groups in total. The summed E-state index contributed by atoms with van der Waals surface area (Å²) in [5, 5.41) is 7.34. The fourth-order valence-electron chi connectivity index (χ4n) is 1.61. The summed E-state index contributed by atoms with van der Waals surface area (Å²) < 4.78 is 7.13. The molecule has 0 fully saturated rings. The Kier molecular flexibility index (Phi) is 6.76. The lowest BCUT2D eigenvalue weighted by Crippen LogP contribution is -2.33. The zero-order valence-electron chi connectivity index (χ0n) is 12.0. The van der Waals surface area contributed by atoms with Crippen molar-refractivity contribution in [2.75, 3.05) is 18.5 Å². The number of terminal acetylenes is 1. The van der Waals surface area contributed by atoms with Gasteiger partial charge in [-0.25, -0.2) is 4.68 Å². The molecule has 0 radical (unpaired) electrons. The van der Waals surface area contributed by atoms with Crippen molar-refractivity contribution in [2.45, 2.75) is 33.4 Å². The third-order valence-electron chi connectivity index (χ3n) is 2.87. The topological polar surface area (TPSA) is 56.1 Å². The Balaban J connectivity index is 2.94. The van der Waals surface area contributed by atoms with Gasteiger partial charge in [0.05, 0.1) is 24.5 Å². The Bertz CT molecular complexity index is 534. The molecule has 1 atom stereocenters. The molecule has 1 aromatic heterocycles. The van der Waals surface area contributed by atoms with Crippen LogP contribution < -0.4 is 10.9 Å². The number of anilines is 1. The molecule has 20 heavy (non-hydrogen) atoms. The van der Waals surface area contributed by atoms with Crippen LogP contribution in [-0.2, 0) is 11.3 Å². The van der Waals surface area contributed by atoms with Crippen LogP contribution in [0.4, 0.5) is 5.69 Å². The smallest absolute Gasteiger partial charge is 0.284 e. The van der Waals surface area contributed by atoms with Gasteiger partial charge in [-0.15, -0.1) is 6.42 Å². The van der Waals surface area contributed by atoms with Crippen LogP contribution in [0.2, 0.25) is 0 Å². The average molecular weight is 342 g/mol. The van der Waals surface area contributed by atoms with E-state index in [0.29, 0.717) is 29.3 Å². The highest BCUT2D eigenvalue weighted by Crippen LogP contribution is 2.19. The first-order chi connectivity index (χ1) is 9.51. The largest absolute Gasteiger partial charge is 0.380 e. The molecule has 110 valence electrons. The predicted octanol–water partition coefficient (Wildman–Crippen LogP) is 2.11. The van der Waals surface area contributed by atoms with Crippen molar-refractivity contribution in [1.29, 1.82) is 0 Å². The van der Waals surface area contributed by atoms with Gasteiger partial charge >= 0.3 is 0 Å². The zero-order valence-corrected chi connectivity index (χ0v) is 13.6. The van der Waals surface area contributed by atoms with Gasteiger partial charge in [-0.1, -0.05) is 19.8 Å². The summed E-state index contributed by atoms with van der Waals surface area (Å²) in [5.41, 5.74) is 0.411. The van der Waals surface area contributed by atoms with Crippen LogP contribution in [0, 0.1) is 18.3 Å². The summed E-state index contributed by atoms with van der Waals surface area (Å²) in [7, 11) is 0. The maximum atomic E-state index is 12.0. The number of nitrogens with zero attached hydrogens (tertiary/aromatic N) is 2. The van der Waals surface area contributed by atoms with Crippen molar-refractivity contribution in [1.82, 2.24) is 9.78 Å². The maximum absolute atomic E-state index is 12.0. The van der Waals surface area contributed by atoms with E-state index in [2.05, 4.69) is 46.1 Å². The van der Waals surface area contributed by atoms with Gasteiger partial charge in [0.1, 0.15) is 11.0 Å². The summed E-state index contributed by atoms with van der Waals surface area (Å²) in [5.74, 6) is 2.76. The van der Waals surface area contributed by atoms with Crippen molar-refractivity contribution in [3.63, 3.8) is 0 Å². The molecular weight excluding hydrogens is 322 g/mol. The Morgan fingerprint density at radius 2 is 2.30 bits per heavy atom. The van der Waals surface area contributed by atoms with E-state index in [-0.39, 0.29) is 18.1 Å². The van der Waals surface area contributed by atoms with Gasteiger partial charge in [0.2, 0.25) is 0 Å². The quantitative estimate of drug-likeness (QED) is 0.771. The molecule has 1 unspecified atom stereocenters. The Morgan fingerprint density at radius 3 is 2.85 bits per heavy atom. The minimum Gasteiger partial charge on any atom is -0.380 e. The van der Waals surface area contributed by atoms with Crippen molar-refractivity contribution in [3.05, 3.63) is 21.0 Å². The van der Waals surface area contributed by atoms with Gasteiger partial charge in [-0.2, -0.15) is 5.10 Å². The third kappa shape index (κ3) is 4.36. The highest BCUT2D eigenvalue weighted by Gasteiger charge is 2.16. The van der Waals surface area contributed by atoms with Gasteiger partial charge in [-0.3, -0.25) is 4.79 Å². The number of nitrogens with one attached hydrogen (secondary N) is 1. The van der Waals surface area contributed by atoms with Crippen LogP contribution in [-0.4, -0.2) is 29.0 Å². The summed E-state index contributed by atoms with van der Waals surface area (Å²) in [6, 6.07) is 0.107. The number of hydrogen-bond acceptors (Lipinski definition) is 4. The molecule has 0 saturated heterocycles. The van der Waals surface area contributed by atoms with Crippen molar-refractivity contribution >= 4 is 21.6 Å². The van der Waals surface area contributed by atoms with Crippen molar-refractivity contribution < 1.29 is 4.74 Å². The summed E-state index contributed by atoms with van der Waals surface area (Å²) >= 11 is 3.30. The molecule has 6 heteroatoms. The minimum atomic E-state index is -0.244. The average Bonchev–Trinajstić information content (AvgIpc) is 2.42. The van der Waals surface area contributed by atoms with E-state index in [1.807, 2.05) is 6.92 Å². The first kappa shape index (κ1) is 16.7. The van der Waals surface area contributed by atoms with Gasteiger partial charge in [0, 0.05) is 6.61 Å². The molecule has 0 spiro atoms. The highest BCUT2D eigenvalue weighted by molar-refractivity contribution is 9.10. The summed E-state index contributed by atoms with van der Waals surface area (Å²) in [6.45, 7) is 7.54. The number of rotatable bonds is 7. The van der Waals surface area contributed by atoms with E-state index in [4.69, 9.17) is 11.2 Å². The molecule has 0 aromatic carbocycles. The lowest BCUT2D eigenvalue weighted by atomic mass is 10.1. The first-order valence-corrected chi connectivity index (χ1v) is 7.33. The number of aromatic nitrogens is 2. The van der Waals surface area contributed by atoms with E-state index in [0.717, 1.165) is 0 Å². The minimum absolute atomic E-state index is 0.107. The highest BCUT2D eigenvalue weighted by atomic mass is 79.9. The lowest BCUT2D eigenvalue weighted by molar-refractivity contribution is 0.127. The molecule has 5 nitrogen and oxygen atoms in total. The van der Waals surface area contributed by atoms with Gasteiger partial charge in [0.25, 0.3) is 5.56 Å². The zero-order chi connectivity index (χ0) is 15.1. The number of hydrogen-bond donors (Lipinski definition) is 1. The standard InChI is InChI=1S/C14H20BrN3O2/c1-5-7-18-14(19)13(15)11(8-16-18)17-12(10(3)4)9-20-6-2/h1,8,10,12,17H,6-7,9H2,2-4H3. The predicted molar refractivity (Wildman–Crippen MR) is 83.8 cm³/mol. The second-order valence-corrected chi connectivity index (χ2v) is 5.49. The molecule has 0 aliphatic carbocycles. The lowest BCUT2D eigenvalue weighted by Gasteiger charge is -2.23. The van der Waals surface area contributed by atoms with Gasteiger partial charge in [0.15, 0.2) is 0 Å². The van der Waals surface area contributed by atoms with Gasteiger partial charge in [-0.05, 0) is 28.8 Å². The Hall–Kier alpha value is -1.32. The van der Waals surface area contributed by atoms with Gasteiger partial charge < -0.3 is 10.1 Å². The van der Waals surface area contributed by atoms with Crippen molar-refractivity contribution in [3.8, 4) is 12.3 Å². The summed E-state index contributed by atoms with van der Waals surface area (Å²) in [6.07, 6.45) is 6.80. The summed E-state index contributed by atoms with van der Waals surface area (Å²) in [4.78, 5) is 12.0. The monoisotopic (exact) mass is 341 g/mol. The number of halogens is 1.